The average molecular weight is 251 g/mol. The third kappa shape index (κ3) is 2.86. The Balaban J connectivity index is 1.41. The Morgan fingerprint density at radius 1 is 1.06 bits per heavy atom. The second kappa shape index (κ2) is 5.17. The summed E-state index contributed by atoms with van der Waals surface area (Å²) >= 11 is 0. The lowest BCUT2D eigenvalue weighted by atomic mass is 10.0. The Morgan fingerprint density at radius 3 is 2.33 bits per heavy atom. The maximum absolute atomic E-state index is 12.1. The molecule has 102 valence electrons. The van der Waals surface area contributed by atoms with Gasteiger partial charge >= 0.3 is 0 Å². The zero-order valence-electron chi connectivity index (χ0n) is 11.1. The summed E-state index contributed by atoms with van der Waals surface area (Å²) in [6, 6.07) is 1.52. The summed E-state index contributed by atoms with van der Waals surface area (Å²) < 4.78 is 0. The Bertz CT molecular complexity index is 308. The molecule has 1 aliphatic heterocycles. The van der Waals surface area contributed by atoms with Crippen LogP contribution in [0.2, 0.25) is 0 Å². The van der Waals surface area contributed by atoms with Crippen LogP contribution < -0.4 is 11.1 Å². The van der Waals surface area contributed by atoms with Crippen LogP contribution in [0.4, 0.5) is 0 Å². The first-order chi connectivity index (χ1) is 8.72. The molecule has 0 aromatic heterocycles. The van der Waals surface area contributed by atoms with Gasteiger partial charge in [0, 0.05) is 37.1 Å². The molecule has 2 atom stereocenters. The van der Waals surface area contributed by atoms with E-state index in [1.54, 1.807) is 0 Å². The summed E-state index contributed by atoms with van der Waals surface area (Å²) in [5.41, 5.74) is 5.87. The molecule has 3 N–H and O–H groups in total. The third-order valence-corrected chi connectivity index (χ3v) is 4.78. The fourth-order valence-corrected chi connectivity index (χ4v) is 3.42. The van der Waals surface area contributed by atoms with Crippen LogP contribution in [0.15, 0.2) is 0 Å². The van der Waals surface area contributed by atoms with Crippen LogP contribution in [-0.4, -0.2) is 42.0 Å². The Labute approximate surface area is 109 Å². The number of amides is 1. The first kappa shape index (κ1) is 12.4. The molecule has 4 nitrogen and oxygen atoms in total. The lowest BCUT2D eigenvalue weighted by Gasteiger charge is -2.32. The normalized spacial score (nSPS) is 34.7. The summed E-state index contributed by atoms with van der Waals surface area (Å²) in [5, 5.41) is 3.24. The van der Waals surface area contributed by atoms with Crippen molar-refractivity contribution in [2.75, 3.05) is 13.1 Å². The smallest absolute Gasteiger partial charge is 0.223 e. The summed E-state index contributed by atoms with van der Waals surface area (Å²) in [4.78, 5) is 14.7. The van der Waals surface area contributed by atoms with Gasteiger partial charge in [-0.2, -0.15) is 0 Å². The molecule has 18 heavy (non-hydrogen) atoms. The number of piperidine rings is 1. The van der Waals surface area contributed by atoms with E-state index in [2.05, 4.69) is 10.2 Å². The van der Waals surface area contributed by atoms with Crippen molar-refractivity contribution in [1.29, 1.82) is 0 Å². The second-order valence-electron chi connectivity index (χ2n) is 6.32. The van der Waals surface area contributed by atoms with Crippen LogP contribution in [0, 0.1) is 5.92 Å². The third-order valence-electron chi connectivity index (χ3n) is 4.78. The van der Waals surface area contributed by atoms with E-state index in [4.69, 9.17) is 5.73 Å². The van der Waals surface area contributed by atoms with Crippen LogP contribution in [-0.2, 0) is 4.79 Å². The van der Waals surface area contributed by atoms with Gasteiger partial charge in [-0.15, -0.1) is 0 Å². The van der Waals surface area contributed by atoms with E-state index in [1.807, 2.05) is 0 Å². The topological polar surface area (TPSA) is 58.4 Å². The van der Waals surface area contributed by atoms with Gasteiger partial charge in [-0.3, -0.25) is 4.79 Å². The number of nitrogens with two attached hydrogens (primary N) is 1. The molecule has 2 unspecified atom stereocenters. The van der Waals surface area contributed by atoms with Gasteiger partial charge in [-0.25, -0.2) is 0 Å². The van der Waals surface area contributed by atoms with Gasteiger partial charge in [0.25, 0.3) is 0 Å². The number of hydrogen-bond acceptors (Lipinski definition) is 3. The molecule has 1 saturated heterocycles. The number of rotatable bonds is 3. The van der Waals surface area contributed by atoms with E-state index in [0.717, 1.165) is 38.1 Å². The highest BCUT2D eigenvalue weighted by Gasteiger charge is 2.33. The molecular formula is C14H25N3O. The molecule has 1 heterocycles. The van der Waals surface area contributed by atoms with E-state index >= 15 is 0 Å². The van der Waals surface area contributed by atoms with Crippen molar-refractivity contribution in [3.63, 3.8) is 0 Å². The number of nitrogens with zero attached hydrogens (tertiary/aromatic N) is 1. The maximum atomic E-state index is 12.1. The molecule has 0 aromatic carbocycles. The van der Waals surface area contributed by atoms with E-state index in [9.17, 15) is 4.79 Å². The number of carbonyl (C=O) groups is 1. The number of nitrogens with one attached hydrogen (secondary N) is 1. The molecular weight excluding hydrogens is 226 g/mol. The maximum Gasteiger partial charge on any atom is 0.223 e. The second-order valence-corrected chi connectivity index (χ2v) is 6.32. The molecule has 1 amide bonds. The molecule has 2 aliphatic carbocycles. The molecule has 0 bridgehead atoms. The van der Waals surface area contributed by atoms with Gasteiger partial charge in [0.2, 0.25) is 5.91 Å². The molecule has 2 saturated carbocycles. The quantitative estimate of drug-likeness (QED) is 0.782. The summed E-state index contributed by atoms with van der Waals surface area (Å²) in [7, 11) is 0. The average Bonchev–Trinajstić information content (AvgIpc) is 3.12. The summed E-state index contributed by atoms with van der Waals surface area (Å²) in [6.45, 7) is 2.33. The van der Waals surface area contributed by atoms with Gasteiger partial charge < -0.3 is 16.0 Å². The Hall–Kier alpha value is -0.610. The fraction of sp³-hybridized carbons (Fsp3) is 0.929. The van der Waals surface area contributed by atoms with Crippen LogP contribution in [0.1, 0.15) is 44.9 Å². The van der Waals surface area contributed by atoms with Crippen molar-refractivity contribution in [1.82, 2.24) is 10.2 Å². The Morgan fingerprint density at radius 2 is 1.78 bits per heavy atom. The standard InChI is InChI=1S/C14H25N3O/c15-11-2-1-10(9-11)14(18)16-12-5-7-17(8-6-12)13-3-4-13/h10-13H,1-9,15H2,(H,16,18). The van der Waals surface area contributed by atoms with Crippen molar-refractivity contribution in [2.24, 2.45) is 11.7 Å². The van der Waals surface area contributed by atoms with Gasteiger partial charge in [0.1, 0.15) is 0 Å². The van der Waals surface area contributed by atoms with Crippen LogP contribution in [0.25, 0.3) is 0 Å². The molecule has 3 rings (SSSR count). The van der Waals surface area contributed by atoms with Crippen LogP contribution in [0.3, 0.4) is 0 Å². The largest absolute Gasteiger partial charge is 0.353 e. The van der Waals surface area contributed by atoms with E-state index < -0.39 is 0 Å². The SMILES string of the molecule is NC1CCC(C(=O)NC2CCN(C3CC3)CC2)C1. The van der Waals surface area contributed by atoms with Gasteiger partial charge in [-0.05, 0) is 44.9 Å². The summed E-state index contributed by atoms with van der Waals surface area (Å²) in [5.74, 6) is 0.439. The van der Waals surface area contributed by atoms with Gasteiger partial charge in [0.05, 0.1) is 0 Å². The van der Waals surface area contributed by atoms with E-state index in [1.165, 1.54) is 25.9 Å². The highest BCUT2D eigenvalue weighted by Crippen LogP contribution is 2.29. The van der Waals surface area contributed by atoms with Crippen LogP contribution >= 0.6 is 0 Å². The van der Waals surface area contributed by atoms with E-state index in [0.29, 0.717) is 6.04 Å². The van der Waals surface area contributed by atoms with E-state index in [-0.39, 0.29) is 17.9 Å². The minimum absolute atomic E-state index is 0.182. The fourth-order valence-electron chi connectivity index (χ4n) is 3.42. The zero-order chi connectivity index (χ0) is 12.5. The van der Waals surface area contributed by atoms with Gasteiger partial charge in [-0.1, -0.05) is 0 Å². The van der Waals surface area contributed by atoms with Crippen molar-refractivity contribution >= 4 is 5.91 Å². The number of hydrogen-bond donors (Lipinski definition) is 2. The minimum Gasteiger partial charge on any atom is -0.353 e. The van der Waals surface area contributed by atoms with Crippen molar-refractivity contribution in [2.45, 2.75) is 63.1 Å². The van der Waals surface area contributed by atoms with Gasteiger partial charge in [0.15, 0.2) is 0 Å². The van der Waals surface area contributed by atoms with Crippen LogP contribution in [0.5, 0.6) is 0 Å². The lowest BCUT2D eigenvalue weighted by molar-refractivity contribution is -0.125. The molecule has 0 aromatic rings. The predicted octanol–water partition coefficient (Wildman–Crippen LogP) is 0.857. The number of likely N-dealkylation sites (tertiary alicyclic amines) is 1. The lowest BCUT2D eigenvalue weighted by Crippen LogP contribution is -2.46. The monoisotopic (exact) mass is 251 g/mol. The molecule has 3 aliphatic rings. The summed E-state index contributed by atoms with van der Waals surface area (Å²) in [6.07, 6.45) is 7.90. The first-order valence-electron chi connectivity index (χ1n) is 7.52. The molecule has 0 spiro atoms. The predicted molar refractivity (Wildman–Crippen MR) is 71.1 cm³/mol. The number of carbonyl (C=O) groups excluding carboxylic acids is 1. The van der Waals surface area contributed by atoms with Crippen molar-refractivity contribution in [3.05, 3.63) is 0 Å². The van der Waals surface area contributed by atoms with Crippen molar-refractivity contribution < 1.29 is 4.79 Å². The highest BCUT2D eigenvalue weighted by molar-refractivity contribution is 5.79. The molecule has 0 radical (unpaired) electrons. The zero-order valence-corrected chi connectivity index (χ0v) is 11.1. The molecule has 3 fully saturated rings. The Kier molecular flexibility index (Phi) is 3.57. The first-order valence-corrected chi connectivity index (χ1v) is 7.52. The molecule has 4 heteroatoms. The van der Waals surface area contributed by atoms with Crippen molar-refractivity contribution in [3.8, 4) is 0 Å². The highest BCUT2D eigenvalue weighted by atomic mass is 16.1. The minimum atomic E-state index is 0.182.